The summed E-state index contributed by atoms with van der Waals surface area (Å²) >= 11 is 0. The van der Waals surface area contributed by atoms with Gasteiger partial charge in [0.05, 0.1) is 5.56 Å². The summed E-state index contributed by atoms with van der Waals surface area (Å²) in [5.41, 5.74) is 3.75. The fourth-order valence-corrected chi connectivity index (χ4v) is 3.33. The molecule has 0 saturated heterocycles. The molecule has 1 heterocycles. The maximum Gasteiger partial charge on any atom is 0.375 e. The van der Waals surface area contributed by atoms with Gasteiger partial charge in [-0.25, -0.2) is 4.79 Å². The third-order valence-corrected chi connectivity index (χ3v) is 5.01. The molecule has 0 spiro atoms. The molecule has 0 fully saturated rings. The maximum absolute atomic E-state index is 12.8. The van der Waals surface area contributed by atoms with Gasteiger partial charge in [0, 0.05) is 11.1 Å². The molecule has 0 aliphatic heterocycles. The molecule has 3 aromatic carbocycles. The van der Waals surface area contributed by atoms with Crippen LogP contribution in [0.5, 0.6) is 5.75 Å². The number of hydrogen-bond acceptors (Lipinski definition) is 5. The van der Waals surface area contributed by atoms with Crippen molar-refractivity contribution in [2.45, 2.75) is 20.5 Å². The molecular weight excluding hydrogens is 406 g/mol. The second kappa shape index (κ2) is 9.39. The number of fused-ring (bicyclic) bond motifs is 1. The van der Waals surface area contributed by atoms with Crippen LogP contribution in [0.4, 0.5) is 5.69 Å². The largest absolute Gasteiger partial charge is 0.489 e. The molecule has 0 saturated carbocycles. The number of hydrogen-bond donors (Lipinski definition) is 1. The van der Waals surface area contributed by atoms with Gasteiger partial charge in [-0.1, -0.05) is 48.5 Å². The summed E-state index contributed by atoms with van der Waals surface area (Å²) in [6, 6.07) is 22.3. The molecular formula is C26H23NO5. The summed E-state index contributed by atoms with van der Waals surface area (Å²) < 4.78 is 16.8. The van der Waals surface area contributed by atoms with Gasteiger partial charge in [-0.05, 0) is 49.2 Å². The first-order valence-corrected chi connectivity index (χ1v) is 10.2. The second-order valence-electron chi connectivity index (χ2n) is 7.45. The van der Waals surface area contributed by atoms with Crippen molar-refractivity contribution >= 4 is 28.5 Å². The van der Waals surface area contributed by atoms with E-state index in [2.05, 4.69) is 5.32 Å². The molecule has 0 atom stereocenters. The smallest absolute Gasteiger partial charge is 0.375 e. The minimum atomic E-state index is -0.719. The summed E-state index contributed by atoms with van der Waals surface area (Å²) in [5, 5.41) is 3.53. The Morgan fingerprint density at radius 1 is 0.938 bits per heavy atom. The first-order chi connectivity index (χ1) is 15.5. The number of esters is 1. The third kappa shape index (κ3) is 4.81. The Morgan fingerprint density at radius 3 is 2.50 bits per heavy atom. The van der Waals surface area contributed by atoms with E-state index >= 15 is 0 Å². The quantitative estimate of drug-likeness (QED) is 0.397. The van der Waals surface area contributed by atoms with E-state index in [1.165, 1.54) is 0 Å². The fraction of sp³-hybridized carbons (Fsp3) is 0.154. The van der Waals surface area contributed by atoms with E-state index in [1.54, 1.807) is 6.07 Å². The number of carbonyl (C=O) groups is 2. The average Bonchev–Trinajstić information content (AvgIpc) is 3.18. The Bertz CT molecular complexity index is 1260. The van der Waals surface area contributed by atoms with E-state index in [-0.39, 0.29) is 12.4 Å². The van der Waals surface area contributed by atoms with Gasteiger partial charge in [-0.3, -0.25) is 4.79 Å². The molecule has 1 N–H and O–H groups in total. The van der Waals surface area contributed by atoms with Crippen LogP contribution < -0.4 is 10.1 Å². The van der Waals surface area contributed by atoms with Crippen molar-refractivity contribution < 1.29 is 23.5 Å². The lowest BCUT2D eigenvalue weighted by atomic mass is 10.1. The van der Waals surface area contributed by atoms with E-state index in [0.717, 1.165) is 16.5 Å². The maximum atomic E-state index is 12.8. The van der Waals surface area contributed by atoms with Crippen molar-refractivity contribution in [3.05, 3.63) is 95.2 Å². The third-order valence-electron chi connectivity index (χ3n) is 5.01. The predicted molar refractivity (Wildman–Crippen MR) is 122 cm³/mol. The molecule has 0 radical (unpaired) electrons. The van der Waals surface area contributed by atoms with Crippen LogP contribution in [0.3, 0.4) is 0 Å². The van der Waals surface area contributed by atoms with Crippen LogP contribution in [0.2, 0.25) is 0 Å². The van der Waals surface area contributed by atoms with E-state index in [4.69, 9.17) is 13.9 Å². The van der Waals surface area contributed by atoms with E-state index in [9.17, 15) is 9.59 Å². The Balaban J connectivity index is 1.48. The molecule has 0 aliphatic rings. The van der Waals surface area contributed by atoms with Gasteiger partial charge in [0.1, 0.15) is 17.9 Å². The first kappa shape index (κ1) is 21.2. The Kier molecular flexibility index (Phi) is 6.22. The molecule has 6 nitrogen and oxygen atoms in total. The number of rotatable bonds is 7. The van der Waals surface area contributed by atoms with Gasteiger partial charge in [-0.2, -0.15) is 0 Å². The highest BCUT2D eigenvalue weighted by atomic mass is 16.5. The normalized spacial score (nSPS) is 10.7. The van der Waals surface area contributed by atoms with E-state index in [0.29, 0.717) is 22.6 Å². The number of amides is 1. The van der Waals surface area contributed by atoms with Crippen molar-refractivity contribution in [3.63, 3.8) is 0 Å². The highest BCUT2D eigenvalue weighted by Crippen LogP contribution is 2.28. The summed E-state index contributed by atoms with van der Waals surface area (Å²) in [5.74, 6) is -0.444. The van der Waals surface area contributed by atoms with Crippen LogP contribution in [0.25, 0.3) is 11.0 Å². The number of ether oxygens (including phenoxy) is 2. The van der Waals surface area contributed by atoms with Crippen molar-refractivity contribution in [3.8, 4) is 5.75 Å². The molecule has 0 aliphatic carbocycles. The number of aryl methyl sites for hydroxylation is 2. The Morgan fingerprint density at radius 2 is 1.69 bits per heavy atom. The lowest BCUT2D eigenvalue weighted by Crippen LogP contribution is -2.21. The topological polar surface area (TPSA) is 77.8 Å². The molecule has 0 unspecified atom stereocenters. The first-order valence-electron chi connectivity index (χ1n) is 10.2. The number of nitrogens with one attached hydrogen (secondary N) is 1. The summed E-state index contributed by atoms with van der Waals surface area (Å²) in [7, 11) is 0. The van der Waals surface area contributed by atoms with E-state index in [1.807, 2.05) is 80.6 Å². The fourth-order valence-electron chi connectivity index (χ4n) is 3.33. The standard InChI is InChI=1S/C26H23NO5/c1-17-12-13-18(2)22(14-17)27-24(28)16-31-26(29)25-21(15-30-19-8-4-3-5-9-19)20-10-6-7-11-23(20)32-25/h3-14H,15-16H2,1-2H3,(H,27,28). The van der Waals surface area contributed by atoms with Crippen molar-refractivity contribution in [2.75, 3.05) is 11.9 Å². The summed E-state index contributed by atoms with van der Waals surface area (Å²) in [6.45, 7) is 3.53. The van der Waals surface area contributed by atoms with Crippen LogP contribution in [0.15, 0.2) is 77.2 Å². The van der Waals surface area contributed by atoms with Gasteiger partial charge >= 0.3 is 5.97 Å². The molecule has 4 rings (SSSR count). The average molecular weight is 429 g/mol. The zero-order valence-electron chi connectivity index (χ0n) is 17.9. The summed E-state index contributed by atoms with van der Waals surface area (Å²) in [4.78, 5) is 25.1. The predicted octanol–water partition coefficient (Wildman–Crippen LogP) is 5.42. The van der Waals surface area contributed by atoms with Gasteiger partial charge < -0.3 is 19.2 Å². The van der Waals surface area contributed by atoms with E-state index < -0.39 is 18.5 Å². The van der Waals surface area contributed by atoms with Gasteiger partial charge in [0.25, 0.3) is 5.91 Å². The lowest BCUT2D eigenvalue weighted by Gasteiger charge is -2.10. The number of furan rings is 1. The van der Waals surface area contributed by atoms with Gasteiger partial charge in [0.15, 0.2) is 6.61 Å². The Hall–Kier alpha value is -4.06. The molecule has 32 heavy (non-hydrogen) atoms. The zero-order valence-corrected chi connectivity index (χ0v) is 17.9. The minimum Gasteiger partial charge on any atom is -0.489 e. The minimum absolute atomic E-state index is 0.0293. The number of para-hydroxylation sites is 2. The van der Waals surface area contributed by atoms with Gasteiger partial charge in [-0.15, -0.1) is 0 Å². The Labute approximate surface area is 185 Å². The molecule has 162 valence electrons. The van der Waals surface area contributed by atoms with Gasteiger partial charge in [0.2, 0.25) is 5.76 Å². The van der Waals surface area contributed by atoms with Crippen molar-refractivity contribution in [1.82, 2.24) is 0 Å². The zero-order chi connectivity index (χ0) is 22.5. The van der Waals surface area contributed by atoms with Crippen LogP contribution in [0.1, 0.15) is 27.2 Å². The number of anilines is 1. The lowest BCUT2D eigenvalue weighted by molar-refractivity contribution is -0.119. The molecule has 0 bridgehead atoms. The summed E-state index contributed by atoms with van der Waals surface area (Å²) in [6.07, 6.45) is 0. The highest BCUT2D eigenvalue weighted by molar-refractivity contribution is 5.98. The molecule has 6 heteroatoms. The highest BCUT2D eigenvalue weighted by Gasteiger charge is 2.23. The van der Waals surface area contributed by atoms with Crippen LogP contribution in [0, 0.1) is 13.8 Å². The van der Waals surface area contributed by atoms with Crippen molar-refractivity contribution in [2.24, 2.45) is 0 Å². The molecule has 1 aromatic heterocycles. The molecule has 1 amide bonds. The second-order valence-corrected chi connectivity index (χ2v) is 7.45. The number of carbonyl (C=O) groups excluding carboxylic acids is 2. The monoisotopic (exact) mass is 429 g/mol. The van der Waals surface area contributed by atoms with Crippen LogP contribution in [-0.4, -0.2) is 18.5 Å². The van der Waals surface area contributed by atoms with Crippen LogP contribution in [-0.2, 0) is 16.1 Å². The van der Waals surface area contributed by atoms with Crippen LogP contribution >= 0.6 is 0 Å². The number of benzene rings is 3. The molecule has 4 aromatic rings. The SMILES string of the molecule is Cc1ccc(C)c(NC(=O)COC(=O)c2oc3ccccc3c2COc2ccccc2)c1. The van der Waals surface area contributed by atoms with Crippen molar-refractivity contribution in [1.29, 1.82) is 0 Å².